The average molecular weight is 233 g/mol. The molecule has 1 aliphatic rings. The summed E-state index contributed by atoms with van der Waals surface area (Å²) in [7, 11) is 0. The molecule has 1 N–H and O–H groups in total. The molecule has 1 fully saturated rings. The highest BCUT2D eigenvalue weighted by molar-refractivity contribution is 5.94. The zero-order chi connectivity index (χ0) is 12.3. The van der Waals surface area contributed by atoms with Crippen molar-refractivity contribution in [3.63, 3.8) is 0 Å². The van der Waals surface area contributed by atoms with E-state index in [4.69, 9.17) is 0 Å². The van der Waals surface area contributed by atoms with Gasteiger partial charge in [0.25, 0.3) is 5.91 Å². The molecule has 0 spiro atoms. The fraction of sp³-hybridized carbons (Fsp3) is 0.500. The summed E-state index contributed by atoms with van der Waals surface area (Å²) in [5.74, 6) is 0.0486. The summed E-state index contributed by atoms with van der Waals surface area (Å²) in [5, 5.41) is 9.32. The Morgan fingerprint density at radius 1 is 1.47 bits per heavy atom. The third kappa shape index (κ3) is 2.67. The predicted octanol–water partition coefficient (Wildman–Crippen LogP) is 1.98. The van der Waals surface area contributed by atoms with Gasteiger partial charge in [-0.15, -0.1) is 0 Å². The Bertz CT molecular complexity index is 403. The topological polar surface area (TPSA) is 40.5 Å². The summed E-state index contributed by atoms with van der Waals surface area (Å²) >= 11 is 0. The van der Waals surface area contributed by atoms with Crippen LogP contribution in [0.2, 0.25) is 0 Å². The number of carbonyl (C=O) groups is 1. The van der Waals surface area contributed by atoms with Gasteiger partial charge in [0.1, 0.15) is 0 Å². The summed E-state index contributed by atoms with van der Waals surface area (Å²) in [6.45, 7) is 2.81. The van der Waals surface area contributed by atoms with Gasteiger partial charge in [0, 0.05) is 12.1 Å². The van der Waals surface area contributed by atoms with Crippen molar-refractivity contribution in [2.45, 2.75) is 32.2 Å². The molecule has 0 aliphatic carbocycles. The number of hydrogen-bond donors (Lipinski definition) is 1. The van der Waals surface area contributed by atoms with Crippen LogP contribution in [0, 0.1) is 6.92 Å². The molecule has 1 atom stereocenters. The fourth-order valence-corrected chi connectivity index (χ4v) is 2.40. The van der Waals surface area contributed by atoms with Crippen LogP contribution in [0.25, 0.3) is 0 Å². The molecule has 0 radical (unpaired) electrons. The molecule has 1 heterocycles. The second-order valence-corrected chi connectivity index (χ2v) is 4.70. The van der Waals surface area contributed by atoms with E-state index in [2.05, 4.69) is 0 Å². The van der Waals surface area contributed by atoms with Crippen LogP contribution in [0.4, 0.5) is 0 Å². The molecule has 0 aromatic heterocycles. The van der Waals surface area contributed by atoms with E-state index in [1.807, 2.05) is 36.1 Å². The van der Waals surface area contributed by atoms with Gasteiger partial charge in [-0.3, -0.25) is 4.79 Å². The fourth-order valence-electron chi connectivity index (χ4n) is 2.40. The second kappa shape index (κ2) is 5.32. The van der Waals surface area contributed by atoms with Gasteiger partial charge in [0.15, 0.2) is 0 Å². The summed E-state index contributed by atoms with van der Waals surface area (Å²) in [5.41, 5.74) is 1.82. The van der Waals surface area contributed by atoms with Crippen LogP contribution in [-0.4, -0.2) is 35.1 Å². The van der Waals surface area contributed by atoms with Gasteiger partial charge in [-0.2, -0.15) is 0 Å². The SMILES string of the molecule is Cc1cccc(C(=O)N2CCCCC2CO)c1. The normalized spacial score (nSPS) is 20.4. The van der Waals surface area contributed by atoms with Crippen molar-refractivity contribution in [1.29, 1.82) is 0 Å². The van der Waals surface area contributed by atoms with Crippen LogP contribution in [0.3, 0.4) is 0 Å². The van der Waals surface area contributed by atoms with E-state index in [1.165, 1.54) is 0 Å². The number of piperidine rings is 1. The van der Waals surface area contributed by atoms with Gasteiger partial charge < -0.3 is 10.0 Å². The molecule has 3 heteroatoms. The Labute approximate surface area is 102 Å². The van der Waals surface area contributed by atoms with Crippen LogP contribution in [0.1, 0.15) is 35.2 Å². The molecule has 0 bridgehead atoms. The Balaban J connectivity index is 2.18. The number of carbonyl (C=O) groups excluding carboxylic acids is 1. The summed E-state index contributed by atoms with van der Waals surface area (Å²) in [6.07, 6.45) is 3.05. The summed E-state index contributed by atoms with van der Waals surface area (Å²) in [4.78, 5) is 14.2. The number of aliphatic hydroxyl groups excluding tert-OH is 1. The van der Waals surface area contributed by atoms with Crippen LogP contribution in [0.15, 0.2) is 24.3 Å². The molecule has 3 nitrogen and oxygen atoms in total. The number of nitrogens with zero attached hydrogens (tertiary/aromatic N) is 1. The highest BCUT2D eigenvalue weighted by atomic mass is 16.3. The number of aliphatic hydroxyl groups is 1. The summed E-state index contributed by atoms with van der Waals surface area (Å²) < 4.78 is 0. The van der Waals surface area contributed by atoms with Gasteiger partial charge >= 0.3 is 0 Å². The number of amides is 1. The Hall–Kier alpha value is -1.35. The highest BCUT2D eigenvalue weighted by Crippen LogP contribution is 2.19. The van der Waals surface area contributed by atoms with Crippen molar-refractivity contribution in [2.75, 3.05) is 13.2 Å². The molecule has 92 valence electrons. The molecular weight excluding hydrogens is 214 g/mol. The number of likely N-dealkylation sites (tertiary alicyclic amines) is 1. The third-order valence-electron chi connectivity index (χ3n) is 3.36. The van der Waals surface area contributed by atoms with E-state index < -0.39 is 0 Å². The van der Waals surface area contributed by atoms with Gasteiger partial charge in [-0.05, 0) is 38.3 Å². The van der Waals surface area contributed by atoms with Crippen LogP contribution < -0.4 is 0 Å². The summed E-state index contributed by atoms with van der Waals surface area (Å²) in [6, 6.07) is 7.64. The zero-order valence-electron chi connectivity index (χ0n) is 10.2. The smallest absolute Gasteiger partial charge is 0.254 e. The monoisotopic (exact) mass is 233 g/mol. The molecule has 2 rings (SSSR count). The van der Waals surface area contributed by atoms with Crippen molar-refractivity contribution < 1.29 is 9.90 Å². The van der Waals surface area contributed by atoms with E-state index >= 15 is 0 Å². The predicted molar refractivity (Wildman–Crippen MR) is 66.9 cm³/mol. The first-order valence-corrected chi connectivity index (χ1v) is 6.21. The number of rotatable bonds is 2. The Morgan fingerprint density at radius 2 is 2.29 bits per heavy atom. The lowest BCUT2D eigenvalue weighted by atomic mass is 10.0. The van der Waals surface area contributed by atoms with Crippen molar-refractivity contribution in [1.82, 2.24) is 4.90 Å². The molecule has 1 unspecified atom stereocenters. The Morgan fingerprint density at radius 3 is 3.00 bits per heavy atom. The minimum Gasteiger partial charge on any atom is -0.394 e. The number of aryl methyl sites for hydroxylation is 1. The van der Waals surface area contributed by atoms with Gasteiger partial charge in [-0.25, -0.2) is 0 Å². The zero-order valence-corrected chi connectivity index (χ0v) is 10.2. The van der Waals surface area contributed by atoms with E-state index in [0.717, 1.165) is 36.9 Å². The Kier molecular flexibility index (Phi) is 3.79. The first kappa shape index (κ1) is 12.1. The highest BCUT2D eigenvalue weighted by Gasteiger charge is 2.26. The van der Waals surface area contributed by atoms with E-state index in [1.54, 1.807) is 0 Å². The molecular formula is C14H19NO2. The molecule has 1 amide bonds. The molecule has 1 aliphatic heterocycles. The quantitative estimate of drug-likeness (QED) is 0.848. The maximum absolute atomic E-state index is 12.3. The van der Waals surface area contributed by atoms with E-state index in [9.17, 15) is 9.90 Å². The third-order valence-corrected chi connectivity index (χ3v) is 3.36. The van der Waals surface area contributed by atoms with Gasteiger partial charge in [0.2, 0.25) is 0 Å². The minimum absolute atomic E-state index is 0.00300. The lowest BCUT2D eigenvalue weighted by Gasteiger charge is -2.34. The first-order valence-electron chi connectivity index (χ1n) is 6.21. The van der Waals surface area contributed by atoms with Crippen molar-refractivity contribution in [2.24, 2.45) is 0 Å². The maximum Gasteiger partial charge on any atom is 0.254 e. The molecule has 1 saturated heterocycles. The molecule has 0 saturated carbocycles. The van der Waals surface area contributed by atoms with Crippen LogP contribution in [-0.2, 0) is 0 Å². The van der Waals surface area contributed by atoms with Gasteiger partial charge in [0.05, 0.1) is 12.6 Å². The standard InChI is InChI=1S/C14H19NO2/c1-11-5-4-6-12(9-11)14(17)15-8-3-2-7-13(15)10-16/h4-6,9,13,16H,2-3,7-8,10H2,1H3. The number of benzene rings is 1. The van der Waals surface area contributed by atoms with E-state index in [0.29, 0.717) is 0 Å². The van der Waals surface area contributed by atoms with Gasteiger partial charge in [-0.1, -0.05) is 17.7 Å². The van der Waals surface area contributed by atoms with E-state index in [-0.39, 0.29) is 18.6 Å². The molecule has 1 aromatic carbocycles. The minimum atomic E-state index is -0.00300. The lowest BCUT2D eigenvalue weighted by molar-refractivity contribution is 0.0503. The lowest BCUT2D eigenvalue weighted by Crippen LogP contribution is -2.45. The van der Waals surface area contributed by atoms with Crippen molar-refractivity contribution in [3.05, 3.63) is 35.4 Å². The molecule has 17 heavy (non-hydrogen) atoms. The largest absolute Gasteiger partial charge is 0.394 e. The van der Waals surface area contributed by atoms with Crippen LogP contribution >= 0.6 is 0 Å². The first-order chi connectivity index (χ1) is 8.22. The molecule has 1 aromatic rings. The second-order valence-electron chi connectivity index (χ2n) is 4.70. The van der Waals surface area contributed by atoms with Crippen molar-refractivity contribution in [3.8, 4) is 0 Å². The maximum atomic E-state index is 12.3. The van der Waals surface area contributed by atoms with Crippen molar-refractivity contribution >= 4 is 5.91 Å². The van der Waals surface area contributed by atoms with Crippen LogP contribution in [0.5, 0.6) is 0 Å². The average Bonchev–Trinajstić information content (AvgIpc) is 2.38. The number of hydrogen-bond acceptors (Lipinski definition) is 2.